The van der Waals surface area contributed by atoms with Crippen LogP contribution >= 0.6 is 0 Å². The molecule has 2 fully saturated rings. The van der Waals surface area contributed by atoms with Gasteiger partial charge in [0.15, 0.2) is 12.4 Å². The number of nitrogens with zero attached hydrogens (tertiary/aromatic N) is 1. The summed E-state index contributed by atoms with van der Waals surface area (Å²) in [6, 6.07) is 26.9. The van der Waals surface area contributed by atoms with Gasteiger partial charge in [0.1, 0.15) is 18.0 Å². The Morgan fingerprint density at radius 2 is 1.46 bits per heavy atom. The Kier molecular flexibility index (Phi) is 13.1. The van der Waals surface area contributed by atoms with Crippen LogP contribution in [0.2, 0.25) is 0 Å². The van der Waals surface area contributed by atoms with E-state index in [2.05, 4.69) is 27.8 Å². The molecule has 1 aliphatic carbocycles. The van der Waals surface area contributed by atoms with E-state index in [0.717, 1.165) is 42.4 Å². The maximum atomic E-state index is 13.1. The quantitative estimate of drug-likeness (QED) is 0.197. The van der Waals surface area contributed by atoms with Crippen molar-refractivity contribution in [1.29, 1.82) is 0 Å². The van der Waals surface area contributed by atoms with Crippen LogP contribution < -0.4 is 9.46 Å². The van der Waals surface area contributed by atoms with E-state index in [4.69, 9.17) is 18.9 Å². The molecule has 2 atom stereocenters. The molecule has 270 valence electrons. The molecule has 0 aromatic heterocycles. The first-order chi connectivity index (χ1) is 23.9. The third-order valence-electron chi connectivity index (χ3n) is 9.07. The number of hydrogen-bond acceptors (Lipinski definition) is 9. The number of esters is 2. The number of ether oxygens (including phenoxy) is 4. The predicted molar refractivity (Wildman–Crippen MR) is 191 cm³/mol. The summed E-state index contributed by atoms with van der Waals surface area (Å²) in [6.45, 7) is 6.92. The highest BCUT2D eigenvalue weighted by atomic mass is 32.2. The molecule has 0 unspecified atom stereocenters. The lowest BCUT2D eigenvalue weighted by Gasteiger charge is -2.33. The molecule has 0 amide bonds. The Bertz CT molecular complexity index is 1640. The van der Waals surface area contributed by atoms with Crippen LogP contribution in [0.25, 0.3) is 0 Å². The molecule has 3 aromatic carbocycles. The number of rotatable bonds is 15. The van der Waals surface area contributed by atoms with Crippen molar-refractivity contribution in [3.05, 3.63) is 102 Å². The smallest absolute Gasteiger partial charge is 0.344 e. The Morgan fingerprint density at radius 1 is 0.820 bits per heavy atom. The lowest BCUT2D eigenvalue weighted by molar-refractivity contribution is -0.151. The summed E-state index contributed by atoms with van der Waals surface area (Å²) >= 11 is 0. The second kappa shape index (κ2) is 17.4. The molecule has 10 nitrogen and oxygen atoms in total. The molecular formula is C39H50N2O8S. The second-order valence-corrected chi connectivity index (χ2v) is 15.9. The zero-order chi connectivity index (χ0) is 35.6. The van der Waals surface area contributed by atoms with Crippen LogP contribution in [0, 0.1) is 0 Å². The van der Waals surface area contributed by atoms with E-state index in [-0.39, 0.29) is 31.3 Å². The minimum absolute atomic E-state index is 0.0329. The van der Waals surface area contributed by atoms with Crippen molar-refractivity contribution in [2.45, 2.75) is 95.7 Å². The van der Waals surface area contributed by atoms with Crippen molar-refractivity contribution in [3.8, 4) is 5.75 Å². The van der Waals surface area contributed by atoms with E-state index in [1.807, 2.05) is 66.7 Å². The van der Waals surface area contributed by atoms with Gasteiger partial charge in [-0.2, -0.15) is 0 Å². The lowest BCUT2D eigenvalue weighted by Crippen LogP contribution is -2.49. The highest BCUT2D eigenvalue weighted by Gasteiger charge is 2.38. The Labute approximate surface area is 296 Å². The number of carbonyl (C=O) groups is 2. The summed E-state index contributed by atoms with van der Waals surface area (Å²) in [7, 11) is -3.93. The van der Waals surface area contributed by atoms with E-state index in [9.17, 15) is 18.0 Å². The van der Waals surface area contributed by atoms with Crippen LogP contribution in [-0.2, 0) is 47.0 Å². The second-order valence-electron chi connectivity index (χ2n) is 14.2. The summed E-state index contributed by atoms with van der Waals surface area (Å²) in [5, 5.41) is 0. The summed E-state index contributed by atoms with van der Waals surface area (Å²) in [5.74, 6) is -0.961. The van der Waals surface area contributed by atoms with Crippen LogP contribution in [0.5, 0.6) is 5.75 Å². The number of carbonyl (C=O) groups excluding carboxylic acids is 2. The first kappa shape index (κ1) is 37.5. The average molecular weight is 707 g/mol. The van der Waals surface area contributed by atoms with E-state index in [1.165, 1.54) is 0 Å². The molecular weight excluding hydrogens is 657 g/mol. The van der Waals surface area contributed by atoms with Gasteiger partial charge in [0.2, 0.25) is 10.0 Å². The molecule has 0 radical (unpaired) electrons. The highest BCUT2D eigenvalue weighted by molar-refractivity contribution is 7.90. The van der Waals surface area contributed by atoms with E-state index >= 15 is 0 Å². The lowest BCUT2D eigenvalue weighted by atomic mass is 9.82. The first-order valence-corrected chi connectivity index (χ1v) is 19.1. The van der Waals surface area contributed by atoms with Gasteiger partial charge in [-0.25, -0.2) is 17.9 Å². The van der Waals surface area contributed by atoms with Crippen LogP contribution in [0.3, 0.4) is 0 Å². The Hall–Kier alpha value is -3.77. The average Bonchev–Trinajstić information content (AvgIpc) is 3.44. The summed E-state index contributed by atoms with van der Waals surface area (Å²) < 4.78 is 52.1. The van der Waals surface area contributed by atoms with Crippen LogP contribution in [0.15, 0.2) is 84.9 Å². The fraction of sp³-hybridized carbons (Fsp3) is 0.487. The van der Waals surface area contributed by atoms with E-state index in [0.29, 0.717) is 31.9 Å². The summed E-state index contributed by atoms with van der Waals surface area (Å²) in [4.78, 5) is 27.0. The van der Waals surface area contributed by atoms with Gasteiger partial charge in [0, 0.05) is 25.2 Å². The topological polar surface area (TPSA) is 120 Å². The van der Waals surface area contributed by atoms with E-state index in [1.54, 1.807) is 20.8 Å². The third kappa shape index (κ3) is 11.7. The van der Waals surface area contributed by atoms with Gasteiger partial charge in [-0.3, -0.25) is 9.69 Å². The molecule has 11 heteroatoms. The number of likely N-dealkylation sites (tertiary alicyclic amines) is 1. The third-order valence-corrected chi connectivity index (χ3v) is 10.3. The molecule has 0 bridgehead atoms. The van der Waals surface area contributed by atoms with Crippen LogP contribution in [0.1, 0.15) is 75.5 Å². The number of benzene rings is 3. The van der Waals surface area contributed by atoms with Gasteiger partial charge in [0.25, 0.3) is 0 Å². The van der Waals surface area contributed by atoms with Gasteiger partial charge >= 0.3 is 11.9 Å². The Morgan fingerprint density at radius 3 is 2.14 bits per heavy atom. The predicted octanol–water partition coefficient (Wildman–Crippen LogP) is 5.76. The maximum Gasteiger partial charge on any atom is 0.344 e. The zero-order valence-electron chi connectivity index (χ0n) is 29.3. The Balaban J connectivity index is 1.15. The molecule has 1 heterocycles. The SMILES string of the molecule is CC(C)(C)OC(=O)CS(=O)(=O)N[C@H]1CCN(Cc2ccccc2)[C@H]1COC1CCC(c2ccccc2OCC(=O)OCc2ccccc2)CC1. The number of nitrogens with one attached hydrogen (secondary N) is 1. The molecule has 3 aromatic rings. The summed E-state index contributed by atoms with van der Waals surface area (Å²) in [6.07, 6.45) is 4.13. The molecule has 0 spiro atoms. The molecule has 5 rings (SSSR count). The minimum Gasteiger partial charge on any atom is -0.482 e. The molecule has 1 saturated carbocycles. The van der Waals surface area contributed by atoms with Gasteiger partial charge in [0.05, 0.1) is 12.7 Å². The maximum absolute atomic E-state index is 13.1. The monoisotopic (exact) mass is 706 g/mol. The first-order valence-electron chi connectivity index (χ1n) is 17.5. The minimum atomic E-state index is -3.93. The fourth-order valence-corrected chi connectivity index (χ4v) is 7.92. The van der Waals surface area contributed by atoms with Gasteiger partial charge in [-0.05, 0) is 81.5 Å². The molecule has 50 heavy (non-hydrogen) atoms. The van der Waals surface area contributed by atoms with E-state index < -0.39 is 39.4 Å². The number of para-hydroxylation sites is 1. The molecule has 1 N–H and O–H groups in total. The standard InChI is InChI=1S/C39H50N2O8S/c1-39(2,3)49-38(43)28-50(44,45)40-34-22-23-41(24-29-12-6-4-7-13-29)35(34)26-46-32-20-18-31(19-21-32)33-16-10-11-17-36(33)47-27-37(42)48-25-30-14-8-5-9-15-30/h4-17,31-32,34-35,40H,18-28H2,1-3H3/t31?,32?,34-,35-/m0/s1. The van der Waals surface area contributed by atoms with Crippen molar-refractivity contribution in [2.24, 2.45) is 0 Å². The van der Waals surface area contributed by atoms with Crippen molar-refractivity contribution < 1.29 is 37.0 Å². The number of hydrogen-bond donors (Lipinski definition) is 1. The fourth-order valence-electron chi connectivity index (χ4n) is 6.73. The number of sulfonamides is 1. The molecule has 2 aliphatic rings. The highest BCUT2D eigenvalue weighted by Crippen LogP contribution is 2.38. The molecule has 1 aliphatic heterocycles. The van der Waals surface area contributed by atoms with Crippen LogP contribution in [0.4, 0.5) is 0 Å². The molecule has 1 saturated heterocycles. The normalized spacial score (nSPS) is 21.4. The van der Waals surface area contributed by atoms with Crippen molar-refractivity contribution in [3.63, 3.8) is 0 Å². The zero-order valence-corrected chi connectivity index (χ0v) is 30.1. The van der Waals surface area contributed by atoms with Crippen molar-refractivity contribution in [1.82, 2.24) is 9.62 Å². The van der Waals surface area contributed by atoms with Crippen molar-refractivity contribution in [2.75, 3.05) is 25.5 Å². The van der Waals surface area contributed by atoms with Gasteiger partial charge in [-0.1, -0.05) is 78.9 Å². The largest absolute Gasteiger partial charge is 0.482 e. The van der Waals surface area contributed by atoms with Crippen molar-refractivity contribution >= 4 is 22.0 Å². The van der Waals surface area contributed by atoms with Gasteiger partial charge < -0.3 is 18.9 Å². The van der Waals surface area contributed by atoms with Gasteiger partial charge in [-0.15, -0.1) is 0 Å². The van der Waals surface area contributed by atoms with Crippen LogP contribution in [-0.4, -0.2) is 74.6 Å². The summed E-state index contributed by atoms with van der Waals surface area (Å²) in [5.41, 5.74) is 2.37.